The van der Waals surface area contributed by atoms with Gasteiger partial charge in [0, 0.05) is 23.6 Å². The van der Waals surface area contributed by atoms with E-state index in [0.717, 1.165) is 30.8 Å². The van der Waals surface area contributed by atoms with Crippen molar-refractivity contribution in [1.29, 1.82) is 0 Å². The van der Waals surface area contributed by atoms with Crippen LogP contribution in [0.25, 0.3) is 11.3 Å². The van der Waals surface area contributed by atoms with Gasteiger partial charge in [-0.1, -0.05) is 0 Å². The summed E-state index contributed by atoms with van der Waals surface area (Å²) in [7, 11) is 0. The van der Waals surface area contributed by atoms with Gasteiger partial charge >= 0.3 is 0 Å². The van der Waals surface area contributed by atoms with Crippen molar-refractivity contribution < 1.29 is 4.74 Å². The molecular formula is C12H13N3OS. The van der Waals surface area contributed by atoms with Crippen molar-refractivity contribution in [3.05, 3.63) is 29.2 Å². The third-order valence-corrected chi connectivity index (χ3v) is 3.44. The molecule has 88 valence electrons. The number of hydrogen-bond donors (Lipinski definition) is 1. The minimum atomic E-state index is 0.236. The van der Waals surface area contributed by atoms with E-state index < -0.39 is 0 Å². The number of aromatic nitrogens is 2. The van der Waals surface area contributed by atoms with Crippen molar-refractivity contribution >= 4 is 11.3 Å². The second-order valence-electron chi connectivity index (χ2n) is 3.99. The van der Waals surface area contributed by atoms with Crippen molar-refractivity contribution in [3.63, 3.8) is 0 Å². The van der Waals surface area contributed by atoms with Crippen LogP contribution in [-0.2, 0) is 0 Å². The molecule has 0 saturated carbocycles. The number of nitrogens with zero attached hydrogens (tertiary/aromatic N) is 2. The van der Waals surface area contributed by atoms with E-state index in [1.807, 2.05) is 17.5 Å². The Balaban J connectivity index is 1.79. The summed E-state index contributed by atoms with van der Waals surface area (Å²) in [5.41, 5.74) is 2.04. The highest BCUT2D eigenvalue weighted by Gasteiger charge is 2.16. The van der Waals surface area contributed by atoms with Gasteiger partial charge in [-0.2, -0.15) is 11.3 Å². The second kappa shape index (κ2) is 4.81. The smallest absolute Gasteiger partial charge is 0.217 e. The van der Waals surface area contributed by atoms with Crippen molar-refractivity contribution in [2.45, 2.75) is 12.5 Å². The topological polar surface area (TPSA) is 47.0 Å². The predicted molar refractivity (Wildman–Crippen MR) is 67.2 cm³/mol. The number of ether oxygens (including phenoxy) is 1. The number of rotatable bonds is 3. The first-order valence-electron chi connectivity index (χ1n) is 5.64. The van der Waals surface area contributed by atoms with Crippen LogP contribution in [0.3, 0.4) is 0 Å². The van der Waals surface area contributed by atoms with Crippen LogP contribution in [0, 0.1) is 0 Å². The maximum absolute atomic E-state index is 5.80. The Morgan fingerprint density at radius 3 is 3.18 bits per heavy atom. The van der Waals surface area contributed by atoms with Crippen LogP contribution in [0.4, 0.5) is 0 Å². The Morgan fingerprint density at radius 2 is 2.41 bits per heavy atom. The molecule has 2 aromatic rings. The molecule has 5 heteroatoms. The highest BCUT2D eigenvalue weighted by atomic mass is 32.1. The predicted octanol–water partition coefficient (Wildman–Crippen LogP) is 1.95. The summed E-state index contributed by atoms with van der Waals surface area (Å²) in [6.07, 6.45) is 2.84. The molecule has 1 aliphatic heterocycles. The maximum atomic E-state index is 5.80. The lowest BCUT2D eigenvalue weighted by atomic mass is 10.2. The van der Waals surface area contributed by atoms with Crippen LogP contribution >= 0.6 is 11.3 Å². The van der Waals surface area contributed by atoms with Crippen LogP contribution in [0.15, 0.2) is 29.2 Å². The van der Waals surface area contributed by atoms with Crippen LogP contribution in [0.2, 0.25) is 0 Å². The van der Waals surface area contributed by atoms with Gasteiger partial charge in [0.2, 0.25) is 5.88 Å². The van der Waals surface area contributed by atoms with Gasteiger partial charge in [0.25, 0.3) is 0 Å². The fraction of sp³-hybridized carbons (Fsp3) is 0.333. The highest BCUT2D eigenvalue weighted by molar-refractivity contribution is 7.08. The Kier molecular flexibility index (Phi) is 3.02. The van der Waals surface area contributed by atoms with Crippen LogP contribution in [0.5, 0.6) is 5.88 Å². The molecule has 1 aliphatic rings. The van der Waals surface area contributed by atoms with Crippen LogP contribution in [0.1, 0.15) is 6.42 Å². The van der Waals surface area contributed by atoms with Crippen molar-refractivity contribution in [2.24, 2.45) is 0 Å². The molecular weight excluding hydrogens is 234 g/mol. The minimum absolute atomic E-state index is 0.236. The van der Waals surface area contributed by atoms with Gasteiger partial charge in [-0.15, -0.1) is 0 Å². The summed E-state index contributed by atoms with van der Waals surface area (Å²) in [4.78, 5) is 8.41. The molecule has 1 unspecified atom stereocenters. The third kappa shape index (κ3) is 2.45. The maximum Gasteiger partial charge on any atom is 0.217 e. The minimum Gasteiger partial charge on any atom is -0.473 e. The summed E-state index contributed by atoms with van der Waals surface area (Å²) in [6, 6.07) is 3.95. The molecule has 1 saturated heterocycles. The normalized spacial score (nSPS) is 19.4. The average molecular weight is 247 g/mol. The van der Waals surface area contributed by atoms with E-state index in [1.54, 1.807) is 17.7 Å². The molecule has 17 heavy (non-hydrogen) atoms. The number of thiophene rings is 1. The summed E-state index contributed by atoms with van der Waals surface area (Å²) < 4.78 is 5.80. The first-order chi connectivity index (χ1) is 8.42. The molecule has 3 rings (SSSR count). The Hall–Kier alpha value is -1.46. The van der Waals surface area contributed by atoms with Crippen molar-refractivity contribution in [1.82, 2.24) is 15.3 Å². The quantitative estimate of drug-likeness (QED) is 0.900. The van der Waals surface area contributed by atoms with Gasteiger partial charge < -0.3 is 10.1 Å². The van der Waals surface area contributed by atoms with Gasteiger partial charge in [0.15, 0.2) is 0 Å². The largest absolute Gasteiger partial charge is 0.473 e. The van der Waals surface area contributed by atoms with Crippen LogP contribution < -0.4 is 10.1 Å². The van der Waals surface area contributed by atoms with Gasteiger partial charge in [0.05, 0.1) is 5.69 Å². The zero-order valence-electron chi connectivity index (χ0n) is 9.30. The van der Waals surface area contributed by atoms with E-state index in [1.165, 1.54) is 0 Å². The van der Waals surface area contributed by atoms with Crippen molar-refractivity contribution in [2.75, 3.05) is 13.1 Å². The molecule has 0 amide bonds. The fourth-order valence-electron chi connectivity index (χ4n) is 1.87. The SMILES string of the molecule is c1nc(OC2CCNC2)cc(-c2ccsc2)n1. The zero-order valence-corrected chi connectivity index (χ0v) is 10.1. The Labute approximate surface area is 104 Å². The lowest BCUT2D eigenvalue weighted by Crippen LogP contribution is -2.20. The van der Waals surface area contributed by atoms with Crippen molar-refractivity contribution in [3.8, 4) is 17.1 Å². The fourth-order valence-corrected chi connectivity index (χ4v) is 2.52. The molecule has 4 nitrogen and oxygen atoms in total. The number of hydrogen-bond acceptors (Lipinski definition) is 5. The molecule has 0 radical (unpaired) electrons. The molecule has 0 aliphatic carbocycles. The van der Waals surface area contributed by atoms with E-state index >= 15 is 0 Å². The average Bonchev–Trinajstić information content (AvgIpc) is 3.01. The Bertz CT molecular complexity index is 480. The summed E-state index contributed by atoms with van der Waals surface area (Å²) >= 11 is 1.66. The molecule has 1 atom stereocenters. The van der Waals surface area contributed by atoms with Gasteiger partial charge in [0.1, 0.15) is 12.4 Å². The lowest BCUT2D eigenvalue weighted by Gasteiger charge is -2.11. The molecule has 1 N–H and O–H groups in total. The second-order valence-corrected chi connectivity index (χ2v) is 4.77. The summed E-state index contributed by atoms with van der Waals surface area (Å²) in [5, 5.41) is 7.38. The molecule has 0 spiro atoms. The summed E-state index contributed by atoms with van der Waals surface area (Å²) in [5.74, 6) is 0.662. The Morgan fingerprint density at radius 1 is 1.41 bits per heavy atom. The molecule has 2 aromatic heterocycles. The van der Waals surface area contributed by atoms with E-state index in [0.29, 0.717) is 5.88 Å². The van der Waals surface area contributed by atoms with Gasteiger partial charge in [-0.25, -0.2) is 9.97 Å². The standard InChI is InChI=1S/C12H13N3OS/c1-3-13-6-10(1)16-12-5-11(14-8-15-12)9-2-4-17-7-9/h2,4-5,7-8,10,13H,1,3,6H2. The van der Waals surface area contributed by atoms with E-state index in [2.05, 4.69) is 20.7 Å². The molecule has 3 heterocycles. The highest BCUT2D eigenvalue weighted by Crippen LogP contribution is 2.22. The zero-order chi connectivity index (χ0) is 11.5. The summed E-state index contributed by atoms with van der Waals surface area (Å²) in [6.45, 7) is 1.92. The van der Waals surface area contributed by atoms with Crippen LogP contribution in [-0.4, -0.2) is 29.2 Å². The lowest BCUT2D eigenvalue weighted by molar-refractivity contribution is 0.214. The molecule has 0 aromatic carbocycles. The number of nitrogens with one attached hydrogen (secondary N) is 1. The van der Waals surface area contributed by atoms with E-state index in [9.17, 15) is 0 Å². The third-order valence-electron chi connectivity index (χ3n) is 2.76. The monoisotopic (exact) mass is 247 g/mol. The first-order valence-corrected chi connectivity index (χ1v) is 6.58. The first kappa shape index (κ1) is 10.7. The van der Waals surface area contributed by atoms with E-state index in [4.69, 9.17) is 4.74 Å². The molecule has 1 fully saturated rings. The molecule has 0 bridgehead atoms. The van der Waals surface area contributed by atoms with Gasteiger partial charge in [-0.05, 0) is 24.4 Å². The van der Waals surface area contributed by atoms with Gasteiger partial charge in [-0.3, -0.25) is 0 Å². The van der Waals surface area contributed by atoms with E-state index in [-0.39, 0.29) is 6.10 Å².